The molecule has 2 atom stereocenters. The van der Waals surface area contributed by atoms with Crippen LogP contribution in [0.2, 0.25) is 0 Å². The highest BCUT2D eigenvalue weighted by Gasteiger charge is 2.29. The Morgan fingerprint density at radius 1 is 1.12 bits per heavy atom. The van der Waals surface area contributed by atoms with Crippen molar-refractivity contribution in [2.75, 3.05) is 6.54 Å². The van der Waals surface area contributed by atoms with E-state index >= 15 is 0 Å². The van der Waals surface area contributed by atoms with Crippen molar-refractivity contribution >= 4 is 41.6 Å². The smallest absolute Gasteiger partial charge is 0.252 e. The van der Waals surface area contributed by atoms with Crippen molar-refractivity contribution in [2.24, 2.45) is 11.7 Å². The van der Waals surface area contributed by atoms with Gasteiger partial charge in [0.1, 0.15) is 0 Å². The van der Waals surface area contributed by atoms with E-state index < -0.39 is 0 Å². The van der Waals surface area contributed by atoms with Crippen LogP contribution >= 0.6 is 24.8 Å². The Morgan fingerprint density at radius 3 is 2.58 bits per heavy atom. The number of nitrogens with one attached hydrogen (secondary N) is 1. The van der Waals surface area contributed by atoms with Gasteiger partial charge in [0.2, 0.25) is 0 Å². The number of carbonyl (C=O) groups is 1. The third kappa shape index (κ3) is 4.30. The molecule has 6 heteroatoms. The van der Waals surface area contributed by atoms with E-state index in [1.54, 1.807) is 0 Å². The maximum absolute atomic E-state index is 13.0. The molecule has 1 aromatic heterocycles. The molecule has 2 unspecified atom stereocenters. The molecule has 3 N–H and O–H groups in total. The van der Waals surface area contributed by atoms with E-state index in [0.717, 1.165) is 35.0 Å². The monoisotopic (exact) mass is 395 g/mol. The average Bonchev–Trinajstić information content (AvgIpc) is 3.46. The molecule has 0 radical (unpaired) electrons. The first-order valence-corrected chi connectivity index (χ1v) is 9.17. The number of carbonyl (C=O) groups excluding carboxylic acids is 1. The molecule has 1 amide bonds. The van der Waals surface area contributed by atoms with E-state index in [9.17, 15) is 4.79 Å². The molecule has 2 fully saturated rings. The highest BCUT2D eigenvalue weighted by atomic mass is 35.5. The zero-order valence-corrected chi connectivity index (χ0v) is 16.5. The van der Waals surface area contributed by atoms with Gasteiger partial charge in [0.15, 0.2) is 0 Å². The zero-order chi connectivity index (χ0) is 16.5. The molecular weight excluding hydrogens is 369 g/mol. The van der Waals surface area contributed by atoms with Crippen LogP contribution in [0.15, 0.2) is 30.3 Å². The van der Waals surface area contributed by atoms with Gasteiger partial charge in [-0.15, -0.1) is 24.8 Å². The number of nitrogens with zero attached hydrogens (tertiary/aromatic N) is 1. The van der Waals surface area contributed by atoms with E-state index in [-0.39, 0.29) is 36.8 Å². The Hall–Kier alpha value is -1.36. The maximum atomic E-state index is 13.0. The van der Waals surface area contributed by atoms with E-state index in [1.165, 1.54) is 25.7 Å². The molecule has 0 saturated heterocycles. The van der Waals surface area contributed by atoms with Gasteiger partial charge in [-0.05, 0) is 50.3 Å². The van der Waals surface area contributed by atoms with Crippen molar-refractivity contribution < 1.29 is 4.79 Å². The first kappa shape index (κ1) is 20.9. The molecule has 142 valence electrons. The third-order valence-electron chi connectivity index (χ3n) is 5.50. The van der Waals surface area contributed by atoms with Gasteiger partial charge >= 0.3 is 0 Å². The molecule has 4 nitrogen and oxygen atoms in total. The fraction of sp³-hybridized carbons (Fsp3) is 0.500. The number of amides is 1. The average molecular weight is 396 g/mol. The van der Waals surface area contributed by atoms with E-state index in [4.69, 9.17) is 10.7 Å². The van der Waals surface area contributed by atoms with Crippen LogP contribution in [-0.2, 0) is 0 Å². The van der Waals surface area contributed by atoms with Crippen molar-refractivity contribution in [2.45, 2.75) is 50.5 Å². The van der Waals surface area contributed by atoms with E-state index in [1.807, 2.05) is 30.3 Å². The number of benzene rings is 1. The summed E-state index contributed by atoms with van der Waals surface area (Å²) in [5, 5.41) is 4.21. The lowest BCUT2D eigenvalue weighted by Crippen LogP contribution is -2.44. The van der Waals surface area contributed by atoms with Crippen molar-refractivity contribution in [3.05, 3.63) is 41.6 Å². The Kier molecular flexibility index (Phi) is 7.27. The van der Waals surface area contributed by atoms with Gasteiger partial charge in [0.05, 0.1) is 11.1 Å². The summed E-state index contributed by atoms with van der Waals surface area (Å²) in [6.07, 6.45) is 6.91. The fourth-order valence-electron chi connectivity index (χ4n) is 3.90. The maximum Gasteiger partial charge on any atom is 0.252 e. The first-order valence-electron chi connectivity index (χ1n) is 9.17. The summed E-state index contributed by atoms with van der Waals surface area (Å²) in [6.45, 7) is 0.648. The van der Waals surface area contributed by atoms with Crippen molar-refractivity contribution in [3.8, 4) is 0 Å². The largest absolute Gasteiger partial charge is 0.349 e. The van der Waals surface area contributed by atoms with Gasteiger partial charge in [-0.25, -0.2) is 0 Å². The Labute approximate surface area is 167 Å². The Balaban J connectivity index is 0.00000121. The van der Waals surface area contributed by atoms with E-state index in [2.05, 4.69) is 5.32 Å². The number of para-hydroxylation sites is 1. The van der Waals surface area contributed by atoms with Crippen LogP contribution < -0.4 is 11.1 Å². The molecule has 4 rings (SSSR count). The SMILES string of the molecule is Cl.Cl.NCC1CCCCC1NC(=O)c1cc(C2CC2)nc2ccccc12. The summed E-state index contributed by atoms with van der Waals surface area (Å²) in [6, 6.07) is 10.2. The molecular formula is C20H27Cl2N3O. The molecule has 2 saturated carbocycles. The number of pyridine rings is 1. The molecule has 0 bridgehead atoms. The highest BCUT2D eigenvalue weighted by Crippen LogP contribution is 2.40. The second-order valence-corrected chi connectivity index (χ2v) is 7.25. The lowest BCUT2D eigenvalue weighted by atomic mass is 9.84. The summed E-state index contributed by atoms with van der Waals surface area (Å²) in [5.74, 6) is 0.965. The fourth-order valence-corrected chi connectivity index (χ4v) is 3.90. The molecule has 1 heterocycles. The minimum Gasteiger partial charge on any atom is -0.349 e. The van der Waals surface area contributed by atoms with Crippen LogP contribution in [0.4, 0.5) is 0 Å². The first-order chi connectivity index (χ1) is 11.8. The van der Waals surface area contributed by atoms with Crippen LogP contribution in [0, 0.1) is 5.92 Å². The van der Waals surface area contributed by atoms with E-state index in [0.29, 0.717) is 18.4 Å². The Bertz CT molecular complexity index is 764. The van der Waals surface area contributed by atoms with Crippen molar-refractivity contribution in [1.29, 1.82) is 0 Å². The predicted octanol–water partition coefficient (Wildman–Crippen LogP) is 4.20. The standard InChI is InChI=1S/C20H25N3O.2ClH/c21-12-14-5-1-3-7-17(14)23-20(24)16-11-19(13-9-10-13)22-18-8-4-2-6-15(16)18;;/h2,4,6,8,11,13-14,17H,1,3,5,7,9-10,12,21H2,(H,23,24);2*1H. The minimum atomic E-state index is 0. The number of rotatable bonds is 4. The normalized spacial score (nSPS) is 22.2. The van der Waals surface area contributed by atoms with Gasteiger partial charge in [-0.1, -0.05) is 31.0 Å². The quantitative estimate of drug-likeness (QED) is 0.814. The number of hydrogen-bond donors (Lipinski definition) is 2. The van der Waals surface area contributed by atoms with Crippen LogP contribution in [0.3, 0.4) is 0 Å². The third-order valence-corrected chi connectivity index (χ3v) is 5.50. The molecule has 26 heavy (non-hydrogen) atoms. The number of hydrogen-bond acceptors (Lipinski definition) is 3. The molecule has 0 aliphatic heterocycles. The molecule has 2 aliphatic carbocycles. The number of nitrogens with two attached hydrogens (primary N) is 1. The highest BCUT2D eigenvalue weighted by molar-refractivity contribution is 6.06. The summed E-state index contributed by atoms with van der Waals surface area (Å²) in [5.41, 5.74) is 8.67. The van der Waals surface area contributed by atoms with Gasteiger partial charge in [0, 0.05) is 23.0 Å². The molecule has 1 aromatic carbocycles. The summed E-state index contributed by atoms with van der Waals surface area (Å²) < 4.78 is 0. The summed E-state index contributed by atoms with van der Waals surface area (Å²) in [7, 11) is 0. The minimum absolute atomic E-state index is 0. The Morgan fingerprint density at radius 2 is 1.85 bits per heavy atom. The molecule has 2 aromatic rings. The van der Waals surface area contributed by atoms with Crippen LogP contribution in [-0.4, -0.2) is 23.5 Å². The number of aromatic nitrogens is 1. The van der Waals surface area contributed by atoms with Crippen molar-refractivity contribution in [1.82, 2.24) is 10.3 Å². The van der Waals surface area contributed by atoms with Gasteiger partial charge < -0.3 is 11.1 Å². The molecule has 0 spiro atoms. The summed E-state index contributed by atoms with van der Waals surface area (Å²) in [4.78, 5) is 17.8. The van der Waals surface area contributed by atoms with Crippen LogP contribution in [0.5, 0.6) is 0 Å². The van der Waals surface area contributed by atoms with Crippen LogP contribution in [0.1, 0.15) is 60.5 Å². The van der Waals surface area contributed by atoms with Crippen LogP contribution in [0.25, 0.3) is 10.9 Å². The topological polar surface area (TPSA) is 68.0 Å². The predicted molar refractivity (Wildman–Crippen MR) is 110 cm³/mol. The lowest BCUT2D eigenvalue weighted by molar-refractivity contribution is 0.0909. The van der Waals surface area contributed by atoms with Gasteiger partial charge in [-0.3, -0.25) is 9.78 Å². The molecule has 2 aliphatic rings. The second kappa shape index (κ2) is 9.03. The number of halogens is 2. The van der Waals surface area contributed by atoms with Crippen molar-refractivity contribution in [3.63, 3.8) is 0 Å². The summed E-state index contributed by atoms with van der Waals surface area (Å²) >= 11 is 0. The lowest BCUT2D eigenvalue weighted by Gasteiger charge is -2.31. The zero-order valence-electron chi connectivity index (χ0n) is 14.8. The number of fused-ring (bicyclic) bond motifs is 1. The van der Waals surface area contributed by atoms with Gasteiger partial charge in [-0.2, -0.15) is 0 Å². The van der Waals surface area contributed by atoms with Gasteiger partial charge in [0.25, 0.3) is 5.91 Å². The second-order valence-electron chi connectivity index (χ2n) is 7.25.